The zero-order valence-electron chi connectivity index (χ0n) is 14.6. The molecule has 0 aliphatic heterocycles. The van der Waals surface area contributed by atoms with Crippen molar-refractivity contribution in [3.05, 3.63) is 29.8 Å². The summed E-state index contributed by atoms with van der Waals surface area (Å²) >= 11 is 0. The number of benzene rings is 1. The number of rotatable bonds is 6. The number of aliphatic hydroxyl groups is 1. The molecule has 0 bridgehead atoms. The van der Waals surface area contributed by atoms with Crippen molar-refractivity contribution >= 4 is 0 Å². The second-order valence-electron chi connectivity index (χ2n) is 7.75. The van der Waals surface area contributed by atoms with E-state index in [0.717, 1.165) is 41.6 Å². The number of quaternary nitrogens is 1. The highest BCUT2D eigenvalue weighted by molar-refractivity contribution is 5.31. The minimum Gasteiger partial charge on any atom is -0.497 e. The van der Waals surface area contributed by atoms with Gasteiger partial charge in [-0.05, 0) is 36.5 Å². The Morgan fingerprint density at radius 1 is 1.09 bits per heavy atom. The van der Waals surface area contributed by atoms with Crippen LogP contribution in [0, 0.1) is 5.92 Å². The van der Waals surface area contributed by atoms with E-state index in [-0.39, 0.29) is 0 Å². The normalized spacial score (nSPS) is 19.7. The number of ether oxygens (including phenoxy) is 1. The minimum atomic E-state index is -0.710. The molecule has 22 heavy (non-hydrogen) atoms. The van der Waals surface area contributed by atoms with Crippen molar-refractivity contribution in [2.45, 2.75) is 44.1 Å². The second-order valence-corrected chi connectivity index (χ2v) is 7.75. The highest BCUT2D eigenvalue weighted by Gasteiger charge is 2.39. The molecule has 1 fully saturated rings. The zero-order chi connectivity index (χ0) is 16.2. The molecule has 1 aliphatic carbocycles. The van der Waals surface area contributed by atoms with E-state index in [1.807, 2.05) is 24.3 Å². The van der Waals surface area contributed by atoms with Gasteiger partial charge in [-0.2, -0.15) is 0 Å². The van der Waals surface area contributed by atoms with E-state index >= 15 is 0 Å². The van der Waals surface area contributed by atoms with Crippen LogP contribution in [0.5, 0.6) is 5.75 Å². The van der Waals surface area contributed by atoms with E-state index in [9.17, 15) is 5.11 Å². The summed E-state index contributed by atoms with van der Waals surface area (Å²) in [5.41, 5.74) is 0.340. The minimum absolute atomic E-state index is 0.376. The largest absolute Gasteiger partial charge is 0.497 e. The second kappa shape index (κ2) is 7.01. The Morgan fingerprint density at radius 2 is 1.68 bits per heavy atom. The summed E-state index contributed by atoms with van der Waals surface area (Å²) in [6, 6.07) is 8.02. The highest BCUT2D eigenvalue weighted by Crippen LogP contribution is 2.42. The van der Waals surface area contributed by atoms with Crippen LogP contribution in [0.2, 0.25) is 0 Å². The van der Waals surface area contributed by atoms with Crippen molar-refractivity contribution in [2.24, 2.45) is 5.92 Å². The standard InChI is InChI=1S/C19H32NO2/c1-20(2,3)15-14-19(21,16-8-6-5-7-9-16)17-10-12-18(22-4)13-11-17/h10-13,16,21H,5-9,14-15H2,1-4H3/q+1/t19-/m0/s1. The molecule has 124 valence electrons. The Morgan fingerprint density at radius 3 is 2.18 bits per heavy atom. The maximum Gasteiger partial charge on any atom is 0.118 e. The first kappa shape index (κ1) is 17.3. The van der Waals surface area contributed by atoms with Crippen LogP contribution >= 0.6 is 0 Å². The van der Waals surface area contributed by atoms with Crippen LogP contribution in [0.1, 0.15) is 44.1 Å². The lowest BCUT2D eigenvalue weighted by atomic mass is 9.71. The first-order valence-corrected chi connectivity index (χ1v) is 8.52. The van der Waals surface area contributed by atoms with Crippen molar-refractivity contribution in [3.63, 3.8) is 0 Å². The van der Waals surface area contributed by atoms with E-state index < -0.39 is 5.60 Å². The summed E-state index contributed by atoms with van der Waals surface area (Å²) in [6.45, 7) is 0.971. The Hall–Kier alpha value is -1.06. The molecule has 1 aromatic carbocycles. The lowest BCUT2D eigenvalue weighted by molar-refractivity contribution is -0.871. The Balaban J connectivity index is 2.25. The lowest BCUT2D eigenvalue weighted by Gasteiger charge is -2.40. The summed E-state index contributed by atoms with van der Waals surface area (Å²) in [6.07, 6.45) is 6.89. The van der Waals surface area contributed by atoms with Gasteiger partial charge in [0.25, 0.3) is 0 Å². The topological polar surface area (TPSA) is 29.5 Å². The van der Waals surface area contributed by atoms with Crippen molar-refractivity contribution in [1.82, 2.24) is 0 Å². The van der Waals surface area contributed by atoms with Gasteiger partial charge in [0.05, 0.1) is 40.4 Å². The van der Waals surface area contributed by atoms with Gasteiger partial charge in [0.15, 0.2) is 0 Å². The van der Waals surface area contributed by atoms with Gasteiger partial charge in [-0.1, -0.05) is 31.4 Å². The molecular weight excluding hydrogens is 274 g/mol. The number of methoxy groups -OCH3 is 1. The van der Waals surface area contributed by atoms with Gasteiger partial charge in [0.2, 0.25) is 0 Å². The van der Waals surface area contributed by atoms with Gasteiger partial charge in [-0.3, -0.25) is 0 Å². The molecule has 3 nitrogen and oxygen atoms in total. The summed E-state index contributed by atoms with van der Waals surface area (Å²) in [4.78, 5) is 0. The Labute approximate surface area is 135 Å². The smallest absolute Gasteiger partial charge is 0.118 e. The monoisotopic (exact) mass is 306 g/mol. The molecule has 1 aromatic rings. The van der Waals surface area contributed by atoms with Crippen LogP contribution in [0.25, 0.3) is 0 Å². The molecular formula is C19H32NO2+. The van der Waals surface area contributed by atoms with Crippen LogP contribution in [0.4, 0.5) is 0 Å². The molecule has 1 saturated carbocycles. The molecule has 1 atom stereocenters. The summed E-state index contributed by atoms with van der Waals surface area (Å²) in [5, 5.41) is 11.6. The number of nitrogens with zero attached hydrogens (tertiary/aromatic N) is 1. The Bertz CT molecular complexity index is 457. The molecule has 0 radical (unpaired) electrons. The Kier molecular flexibility index (Phi) is 5.51. The molecule has 0 spiro atoms. The first-order valence-electron chi connectivity index (χ1n) is 8.52. The fraction of sp³-hybridized carbons (Fsp3) is 0.684. The van der Waals surface area contributed by atoms with Crippen LogP contribution in [0.3, 0.4) is 0 Å². The van der Waals surface area contributed by atoms with E-state index in [2.05, 4.69) is 21.1 Å². The van der Waals surface area contributed by atoms with Gasteiger partial charge in [-0.25, -0.2) is 0 Å². The molecule has 1 N–H and O–H groups in total. The van der Waals surface area contributed by atoms with Crippen molar-refractivity contribution in [1.29, 1.82) is 0 Å². The van der Waals surface area contributed by atoms with Crippen molar-refractivity contribution < 1.29 is 14.3 Å². The van der Waals surface area contributed by atoms with E-state index in [4.69, 9.17) is 4.74 Å². The van der Waals surface area contributed by atoms with Gasteiger partial charge < -0.3 is 14.3 Å². The summed E-state index contributed by atoms with van der Waals surface area (Å²) in [5.74, 6) is 1.22. The molecule has 3 heteroatoms. The van der Waals surface area contributed by atoms with E-state index in [1.54, 1.807) is 7.11 Å². The van der Waals surface area contributed by atoms with Crippen LogP contribution in [0.15, 0.2) is 24.3 Å². The maximum atomic E-state index is 11.6. The summed E-state index contributed by atoms with van der Waals surface area (Å²) in [7, 11) is 8.25. The summed E-state index contributed by atoms with van der Waals surface area (Å²) < 4.78 is 6.14. The zero-order valence-corrected chi connectivity index (χ0v) is 14.6. The third-order valence-electron chi connectivity index (χ3n) is 5.03. The van der Waals surface area contributed by atoms with E-state index in [0.29, 0.717) is 5.92 Å². The fourth-order valence-corrected chi connectivity index (χ4v) is 3.55. The molecule has 0 amide bonds. The van der Waals surface area contributed by atoms with Gasteiger partial charge in [0.1, 0.15) is 5.75 Å². The van der Waals surface area contributed by atoms with Gasteiger partial charge in [-0.15, -0.1) is 0 Å². The third kappa shape index (κ3) is 4.23. The lowest BCUT2D eigenvalue weighted by Crippen LogP contribution is -2.43. The molecule has 2 rings (SSSR count). The number of hydrogen-bond donors (Lipinski definition) is 1. The van der Waals surface area contributed by atoms with Gasteiger partial charge in [0, 0.05) is 6.42 Å². The quantitative estimate of drug-likeness (QED) is 0.814. The highest BCUT2D eigenvalue weighted by atomic mass is 16.5. The first-order chi connectivity index (χ1) is 10.3. The fourth-order valence-electron chi connectivity index (χ4n) is 3.55. The molecule has 0 aromatic heterocycles. The molecule has 0 heterocycles. The predicted octanol–water partition coefficient (Wildman–Crippen LogP) is 3.56. The average Bonchev–Trinajstić information content (AvgIpc) is 2.53. The third-order valence-corrected chi connectivity index (χ3v) is 5.03. The van der Waals surface area contributed by atoms with Crippen molar-refractivity contribution in [2.75, 3.05) is 34.8 Å². The SMILES string of the molecule is COc1ccc([C@](O)(CC[N+](C)(C)C)C2CCCCC2)cc1. The van der Waals surface area contributed by atoms with Gasteiger partial charge >= 0.3 is 0 Å². The van der Waals surface area contributed by atoms with Crippen LogP contribution in [-0.2, 0) is 5.60 Å². The van der Waals surface area contributed by atoms with Crippen LogP contribution in [-0.4, -0.2) is 44.4 Å². The average molecular weight is 306 g/mol. The molecule has 0 unspecified atom stereocenters. The maximum absolute atomic E-state index is 11.6. The van der Waals surface area contributed by atoms with E-state index in [1.165, 1.54) is 19.3 Å². The molecule has 1 aliphatic rings. The van der Waals surface area contributed by atoms with Crippen molar-refractivity contribution in [3.8, 4) is 5.75 Å². The molecule has 0 saturated heterocycles. The number of hydrogen-bond acceptors (Lipinski definition) is 2. The predicted molar refractivity (Wildman–Crippen MR) is 91.0 cm³/mol. The van der Waals surface area contributed by atoms with Crippen LogP contribution < -0.4 is 4.74 Å².